The maximum Gasteiger partial charge on any atom is 0.0205 e. The maximum atomic E-state index is 3.16. The highest BCUT2D eigenvalue weighted by atomic mass is 14.1. The number of hydrogen-bond donors (Lipinski definition) is 0. The lowest BCUT2D eigenvalue weighted by Gasteiger charge is -1.92. The third-order valence-corrected chi connectivity index (χ3v) is 1.52. The van der Waals surface area contributed by atoms with E-state index < -0.39 is 0 Å². The van der Waals surface area contributed by atoms with Crippen molar-refractivity contribution in [3.8, 4) is 11.8 Å². The normalized spacial score (nSPS) is 20.1. The van der Waals surface area contributed by atoms with Crippen molar-refractivity contribution in [2.45, 2.75) is 26.2 Å². The Bertz CT molecular complexity index is 108. The summed E-state index contributed by atoms with van der Waals surface area (Å²) in [6.45, 7) is 1.92. The zero-order valence-corrected chi connectivity index (χ0v) is 5.28. The van der Waals surface area contributed by atoms with Gasteiger partial charge in [0, 0.05) is 5.92 Å². The molecular weight excluding hydrogens is 96.1 g/mol. The molecule has 0 aliphatic heterocycles. The van der Waals surface area contributed by atoms with E-state index in [-0.39, 0.29) is 0 Å². The summed E-state index contributed by atoms with van der Waals surface area (Å²) < 4.78 is 0. The molecule has 0 aromatic carbocycles. The Morgan fingerprint density at radius 3 is 3.00 bits per heavy atom. The minimum atomic E-state index is 0.694. The molecule has 1 saturated carbocycles. The van der Waals surface area contributed by atoms with Crippen LogP contribution >= 0.6 is 0 Å². The summed E-state index contributed by atoms with van der Waals surface area (Å²) in [4.78, 5) is 0. The lowest BCUT2D eigenvalue weighted by Crippen LogP contribution is -1.84. The predicted molar refractivity (Wildman–Crippen MR) is 35.1 cm³/mol. The molecule has 8 heavy (non-hydrogen) atoms. The SMILES string of the molecule is CC#CC1C[CH]CC1. The van der Waals surface area contributed by atoms with Crippen LogP contribution in [0.4, 0.5) is 0 Å². The molecular formula is C8H11. The molecule has 0 heteroatoms. The Labute approximate surface area is 51.3 Å². The van der Waals surface area contributed by atoms with Crippen LogP contribution in [0, 0.1) is 24.2 Å². The predicted octanol–water partition coefficient (Wildman–Crippen LogP) is 2.01. The van der Waals surface area contributed by atoms with Gasteiger partial charge >= 0.3 is 0 Å². The molecule has 0 nitrogen and oxygen atoms in total. The average molecular weight is 107 g/mol. The second-order valence-electron chi connectivity index (χ2n) is 2.19. The second-order valence-corrected chi connectivity index (χ2v) is 2.19. The van der Waals surface area contributed by atoms with Crippen molar-refractivity contribution < 1.29 is 0 Å². The number of hydrogen-bond acceptors (Lipinski definition) is 0. The Hall–Kier alpha value is -0.440. The lowest BCUT2D eigenvalue weighted by atomic mass is 10.1. The van der Waals surface area contributed by atoms with Crippen LogP contribution < -0.4 is 0 Å². The van der Waals surface area contributed by atoms with Crippen LogP contribution in [0.15, 0.2) is 0 Å². The van der Waals surface area contributed by atoms with Crippen LogP contribution in [0.2, 0.25) is 0 Å². The van der Waals surface area contributed by atoms with E-state index in [9.17, 15) is 0 Å². The summed E-state index contributed by atoms with van der Waals surface area (Å²) in [6, 6.07) is 0. The van der Waals surface area contributed by atoms with Gasteiger partial charge in [-0.1, -0.05) is 0 Å². The van der Waals surface area contributed by atoms with Crippen molar-refractivity contribution in [3.63, 3.8) is 0 Å². The molecule has 43 valence electrons. The van der Waals surface area contributed by atoms with E-state index in [2.05, 4.69) is 18.3 Å². The van der Waals surface area contributed by atoms with E-state index in [1.54, 1.807) is 0 Å². The van der Waals surface area contributed by atoms with Gasteiger partial charge in [-0.2, -0.15) is 0 Å². The monoisotopic (exact) mass is 107 g/mol. The first kappa shape index (κ1) is 5.69. The van der Waals surface area contributed by atoms with Crippen LogP contribution in [0.25, 0.3) is 0 Å². The molecule has 0 N–H and O–H groups in total. The van der Waals surface area contributed by atoms with Gasteiger partial charge in [0.2, 0.25) is 0 Å². The van der Waals surface area contributed by atoms with E-state index in [4.69, 9.17) is 0 Å². The average Bonchev–Trinajstić information content (AvgIpc) is 2.19. The Balaban J connectivity index is 2.32. The van der Waals surface area contributed by atoms with Crippen LogP contribution in [0.1, 0.15) is 26.2 Å². The maximum absolute atomic E-state index is 3.16. The summed E-state index contributed by atoms with van der Waals surface area (Å²) in [5.74, 6) is 6.80. The molecule has 0 aromatic heterocycles. The Morgan fingerprint density at radius 2 is 2.50 bits per heavy atom. The molecule has 1 atom stereocenters. The van der Waals surface area contributed by atoms with Gasteiger partial charge in [0.25, 0.3) is 0 Å². The summed E-state index contributed by atoms with van der Waals surface area (Å²) in [7, 11) is 0. The van der Waals surface area contributed by atoms with Crippen molar-refractivity contribution in [2.75, 3.05) is 0 Å². The van der Waals surface area contributed by atoms with Crippen LogP contribution in [0.3, 0.4) is 0 Å². The van der Waals surface area contributed by atoms with Crippen LogP contribution in [-0.4, -0.2) is 0 Å². The Kier molecular flexibility index (Phi) is 1.97. The van der Waals surface area contributed by atoms with Crippen molar-refractivity contribution in [1.29, 1.82) is 0 Å². The molecule has 1 aliphatic rings. The molecule has 0 aromatic rings. The Morgan fingerprint density at radius 1 is 1.62 bits per heavy atom. The standard InChI is InChI=1S/C8H11/c1-2-5-8-6-3-4-7-8/h3,8H,4,6-7H2,1H3. The van der Waals surface area contributed by atoms with Crippen molar-refractivity contribution >= 4 is 0 Å². The third kappa shape index (κ3) is 1.26. The molecule has 1 rings (SSSR count). The van der Waals surface area contributed by atoms with Crippen molar-refractivity contribution in [1.82, 2.24) is 0 Å². The first-order valence-electron chi connectivity index (χ1n) is 3.17. The first-order valence-corrected chi connectivity index (χ1v) is 3.17. The van der Waals surface area contributed by atoms with E-state index >= 15 is 0 Å². The summed E-state index contributed by atoms with van der Waals surface area (Å²) in [5.41, 5.74) is 0. The molecule has 1 radical (unpaired) electrons. The van der Waals surface area contributed by atoms with Crippen LogP contribution in [-0.2, 0) is 0 Å². The van der Waals surface area contributed by atoms with Gasteiger partial charge in [-0.05, 0) is 32.6 Å². The fourth-order valence-electron chi connectivity index (χ4n) is 1.09. The van der Waals surface area contributed by atoms with E-state index in [1.165, 1.54) is 19.3 Å². The summed E-state index contributed by atoms with van der Waals surface area (Å²) in [5, 5.41) is 0. The molecule has 0 amide bonds. The largest absolute Gasteiger partial charge is 0.106 e. The molecule has 0 bridgehead atoms. The topological polar surface area (TPSA) is 0 Å². The van der Waals surface area contributed by atoms with Crippen molar-refractivity contribution in [2.24, 2.45) is 5.92 Å². The smallest absolute Gasteiger partial charge is 0.0205 e. The molecule has 1 fully saturated rings. The van der Waals surface area contributed by atoms with E-state index in [0.29, 0.717) is 5.92 Å². The summed E-state index contributed by atoms with van der Waals surface area (Å²) >= 11 is 0. The van der Waals surface area contributed by atoms with Gasteiger partial charge < -0.3 is 0 Å². The quantitative estimate of drug-likeness (QED) is 0.415. The second kappa shape index (κ2) is 2.77. The minimum Gasteiger partial charge on any atom is -0.106 e. The van der Waals surface area contributed by atoms with Gasteiger partial charge in [0.05, 0.1) is 0 Å². The molecule has 0 spiro atoms. The van der Waals surface area contributed by atoms with Gasteiger partial charge in [0.15, 0.2) is 0 Å². The molecule has 1 unspecified atom stereocenters. The van der Waals surface area contributed by atoms with Gasteiger partial charge in [-0.15, -0.1) is 11.8 Å². The first-order chi connectivity index (χ1) is 3.93. The summed E-state index contributed by atoms with van der Waals surface area (Å²) in [6.07, 6.45) is 6.12. The fourth-order valence-corrected chi connectivity index (χ4v) is 1.09. The lowest BCUT2D eigenvalue weighted by molar-refractivity contribution is 0.719. The minimum absolute atomic E-state index is 0.694. The highest BCUT2D eigenvalue weighted by Crippen LogP contribution is 2.22. The van der Waals surface area contributed by atoms with E-state index in [1.807, 2.05) is 6.92 Å². The fraction of sp³-hybridized carbons (Fsp3) is 0.625. The highest BCUT2D eigenvalue weighted by Gasteiger charge is 2.10. The zero-order chi connectivity index (χ0) is 5.82. The van der Waals surface area contributed by atoms with Crippen molar-refractivity contribution in [3.05, 3.63) is 6.42 Å². The zero-order valence-electron chi connectivity index (χ0n) is 5.28. The molecule has 0 heterocycles. The van der Waals surface area contributed by atoms with Crippen LogP contribution in [0.5, 0.6) is 0 Å². The third-order valence-electron chi connectivity index (χ3n) is 1.52. The highest BCUT2D eigenvalue weighted by molar-refractivity contribution is 5.05. The van der Waals surface area contributed by atoms with Gasteiger partial charge in [-0.25, -0.2) is 0 Å². The molecule has 0 saturated heterocycles. The van der Waals surface area contributed by atoms with Gasteiger partial charge in [0.1, 0.15) is 0 Å². The number of rotatable bonds is 0. The molecule has 1 aliphatic carbocycles. The van der Waals surface area contributed by atoms with Gasteiger partial charge in [-0.3, -0.25) is 0 Å². The van der Waals surface area contributed by atoms with E-state index in [0.717, 1.165) is 0 Å².